The summed E-state index contributed by atoms with van der Waals surface area (Å²) in [6.45, 7) is 6.41. The average molecular weight is 419 g/mol. The van der Waals surface area contributed by atoms with Gasteiger partial charge in [-0.15, -0.1) is 24.8 Å². The summed E-state index contributed by atoms with van der Waals surface area (Å²) in [4.78, 5) is 31.1. The number of anilines is 1. The SMILES string of the molecule is Cc1ccc(NC(=O)C2CCN(C(=O)[C@H]3NCCO[C@@H]3C)CC2)nc1.Cl.Cl. The Morgan fingerprint density at radius 3 is 2.56 bits per heavy atom. The van der Waals surface area contributed by atoms with Crippen molar-refractivity contribution >= 4 is 42.4 Å². The Kier molecular flexibility index (Phi) is 9.45. The van der Waals surface area contributed by atoms with Gasteiger partial charge in [-0.3, -0.25) is 9.59 Å². The molecule has 3 rings (SSSR count). The lowest BCUT2D eigenvalue weighted by Gasteiger charge is -2.37. The third-order valence-corrected chi connectivity index (χ3v) is 4.92. The first-order valence-corrected chi connectivity index (χ1v) is 8.92. The van der Waals surface area contributed by atoms with Crippen LogP contribution in [0.15, 0.2) is 18.3 Å². The van der Waals surface area contributed by atoms with Crippen LogP contribution < -0.4 is 10.6 Å². The van der Waals surface area contributed by atoms with Gasteiger partial charge >= 0.3 is 0 Å². The fraction of sp³-hybridized carbons (Fsp3) is 0.611. The number of nitrogens with one attached hydrogen (secondary N) is 2. The van der Waals surface area contributed by atoms with Crippen LogP contribution in [0.4, 0.5) is 5.82 Å². The second-order valence-corrected chi connectivity index (χ2v) is 6.82. The number of amides is 2. The number of morpholine rings is 1. The van der Waals surface area contributed by atoms with Crippen LogP contribution in [0.2, 0.25) is 0 Å². The van der Waals surface area contributed by atoms with Gasteiger partial charge in [0.25, 0.3) is 0 Å². The van der Waals surface area contributed by atoms with Crippen molar-refractivity contribution in [1.29, 1.82) is 0 Å². The second-order valence-electron chi connectivity index (χ2n) is 6.82. The topological polar surface area (TPSA) is 83.6 Å². The Morgan fingerprint density at radius 2 is 1.96 bits per heavy atom. The maximum Gasteiger partial charge on any atom is 0.242 e. The molecule has 0 saturated carbocycles. The van der Waals surface area contributed by atoms with Gasteiger partial charge in [-0.2, -0.15) is 0 Å². The molecule has 3 heterocycles. The molecule has 0 aliphatic carbocycles. The number of hydrogen-bond acceptors (Lipinski definition) is 5. The monoisotopic (exact) mass is 418 g/mol. The van der Waals surface area contributed by atoms with E-state index >= 15 is 0 Å². The number of pyridine rings is 1. The number of rotatable bonds is 3. The van der Waals surface area contributed by atoms with E-state index in [0.717, 1.165) is 5.56 Å². The van der Waals surface area contributed by atoms with E-state index in [2.05, 4.69) is 15.6 Å². The molecule has 9 heteroatoms. The highest BCUT2D eigenvalue weighted by molar-refractivity contribution is 5.92. The first-order chi connectivity index (χ1) is 12.0. The molecule has 0 unspecified atom stereocenters. The molecule has 152 valence electrons. The second kappa shape index (κ2) is 10.8. The van der Waals surface area contributed by atoms with Crippen molar-refractivity contribution < 1.29 is 14.3 Å². The Labute approximate surface area is 172 Å². The summed E-state index contributed by atoms with van der Waals surface area (Å²) in [5.74, 6) is 0.550. The van der Waals surface area contributed by atoms with E-state index in [-0.39, 0.29) is 54.7 Å². The molecule has 2 N–H and O–H groups in total. The summed E-state index contributed by atoms with van der Waals surface area (Å²) >= 11 is 0. The number of ether oxygens (including phenoxy) is 1. The number of piperidine rings is 1. The van der Waals surface area contributed by atoms with Crippen LogP contribution in [0, 0.1) is 12.8 Å². The van der Waals surface area contributed by atoms with E-state index in [9.17, 15) is 9.59 Å². The molecule has 2 fully saturated rings. The molecule has 7 nitrogen and oxygen atoms in total. The van der Waals surface area contributed by atoms with Crippen molar-refractivity contribution in [3.63, 3.8) is 0 Å². The maximum atomic E-state index is 12.6. The summed E-state index contributed by atoms with van der Waals surface area (Å²) in [6.07, 6.45) is 2.96. The number of carbonyl (C=O) groups is 2. The molecule has 0 spiro atoms. The van der Waals surface area contributed by atoms with Gasteiger partial charge in [-0.25, -0.2) is 4.98 Å². The minimum atomic E-state index is -0.282. The van der Waals surface area contributed by atoms with Crippen LogP contribution >= 0.6 is 24.8 Å². The van der Waals surface area contributed by atoms with Crippen LogP contribution in [-0.2, 0) is 14.3 Å². The van der Waals surface area contributed by atoms with Crippen molar-refractivity contribution in [1.82, 2.24) is 15.2 Å². The predicted molar refractivity (Wildman–Crippen MR) is 109 cm³/mol. The lowest BCUT2D eigenvalue weighted by Crippen LogP contribution is -2.57. The fourth-order valence-corrected chi connectivity index (χ4v) is 3.34. The summed E-state index contributed by atoms with van der Waals surface area (Å²) in [6, 6.07) is 3.45. The number of aryl methyl sites for hydroxylation is 1. The lowest BCUT2D eigenvalue weighted by atomic mass is 9.95. The molecular formula is C18H28Cl2N4O3. The number of halogens is 2. The zero-order chi connectivity index (χ0) is 17.8. The standard InChI is InChI=1S/C18H26N4O3.2ClH/c1-12-3-4-15(20-11-12)21-17(23)14-5-8-22(9-6-14)18(24)16-13(2)25-10-7-19-16;;/h3-4,11,13-14,16,19H,5-10H2,1-2H3,(H,20,21,23);2*1H/t13-,16+;;/m1../s1. The van der Waals surface area contributed by atoms with E-state index in [1.165, 1.54) is 0 Å². The van der Waals surface area contributed by atoms with Crippen LogP contribution in [0.1, 0.15) is 25.3 Å². The van der Waals surface area contributed by atoms with E-state index < -0.39 is 0 Å². The molecule has 2 atom stereocenters. The highest BCUT2D eigenvalue weighted by atomic mass is 35.5. The maximum absolute atomic E-state index is 12.6. The summed E-state index contributed by atoms with van der Waals surface area (Å²) in [5.41, 5.74) is 1.05. The molecule has 1 aromatic rings. The number of aromatic nitrogens is 1. The average Bonchev–Trinajstić information content (AvgIpc) is 2.63. The van der Waals surface area contributed by atoms with Crippen LogP contribution in [0.3, 0.4) is 0 Å². The van der Waals surface area contributed by atoms with Gasteiger partial charge in [-0.05, 0) is 38.3 Å². The quantitative estimate of drug-likeness (QED) is 0.781. The zero-order valence-electron chi connectivity index (χ0n) is 15.6. The Bertz CT molecular complexity index is 622. The van der Waals surface area contributed by atoms with Crippen LogP contribution in [0.5, 0.6) is 0 Å². The van der Waals surface area contributed by atoms with Gasteiger partial charge < -0.3 is 20.3 Å². The van der Waals surface area contributed by atoms with Crippen LogP contribution in [-0.4, -0.2) is 60.1 Å². The summed E-state index contributed by atoms with van der Waals surface area (Å²) in [5, 5.41) is 6.10. The molecule has 2 aliphatic rings. The smallest absolute Gasteiger partial charge is 0.242 e. The van der Waals surface area contributed by atoms with Gasteiger partial charge in [0.2, 0.25) is 11.8 Å². The third-order valence-electron chi connectivity index (χ3n) is 4.92. The zero-order valence-corrected chi connectivity index (χ0v) is 17.3. The van der Waals surface area contributed by atoms with E-state index in [4.69, 9.17) is 4.74 Å². The molecule has 0 bridgehead atoms. The van der Waals surface area contributed by atoms with Crippen LogP contribution in [0.25, 0.3) is 0 Å². The fourth-order valence-electron chi connectivity index (χ4n) is 3.34. The van der Waals surface area contributed by atoms with Crippen molar-refractivity contribution in [2.45, 2.75) is 38.8 Å². The highest BCUT2D eigenvalue weighted by Gasteiger charge is 2.34. The Morgan fingerprint density at radius 1 is 1.26 bits per heavy atom. The lowest BCUT2D eigenvalue weighted by molar-refractivity contribution is -0.142. The number of likely N-dealkylation sites (tertiary alicyclic amines) is 1. The molecule has 0 aromatic carbocycles. The van der Waals surface area contributed by atoms with Crippen molar-refractivity contribution in [2.75, 3.05) is 31.6 Å². The molecule has 2 amide bonds. The Hall–Kier alpha value is -1.41. The summed E-state index contributed by atoms with van der Waals surface area (Å²) < 4.78 is 5.56. The number of hydrogen-bond donors (Lipinski definition) is 2. The first-order valence-electron chi connectivity index (χ1n) is 8.92. The summed E-state index contributed by atoms with van der Waals surface area (Å²) in [7, 11) is 0. The van der Waals surface area contributed by atoms with Crippen molar-refractivity contribution in [3.05, 3.63) is 23.9 Å². The minimum absolute atomic E-state index is 0. The van der Waals surface area contributed by atoms with Crippen molar-refractivity contribution in [2.24, 2.45) is 5.92 Å². The van der Waals surface area contributed by atoms with Gasteiger partial charge in [0.05, 0.1) is 12.7 Å². The van der Waals surface area contributed by atoms with Crippen molar-refractivity contribution in [3.8, 4) is 0 Å². The van der Waals surface area contributed by atoms with Gasteiger partial charge in [0.1, 0.15) is 11.9 Å². The normalized spacial score (nSPS) is 23.0. The van der Waals surface area contributed by atoms with E-state index in [0.29, 0.717) is 44.9 Å². The first kappa shape index (κ1) is 23.6. The predicted octanol–water partition coefficient (Wildman–Crippen LogP) is 1.79. The van der Waals surface area contributed by atoms with Gasteiger partial charge in [-0.1, -0.05) is 6.07 Å². The minimum Gasteiger partial charge on any atom is -0.375 e. The molecular weight excluding hydrogens is 391 g/mol. The molecule has 2 saturated heterocycles. The molecule has 1 aromatic heterocycles. The molecule has 0 radical (unpaired) electrons. The van der Waals surface area contributed by atoms with Gasteiger partial charge in [0.15, 0.2) is 0 Å². The van der Waals surface area contributed by atoms with Gasteiger partial charge in [0, 0.05) is 31.7 Å². The molecule has 27 heavy (non-hydrogen) atoms. The highest BCUT2D eigenvalue weighted by Crippen LogP contribution is 2.21. The number of carbonyl (C=O) groups excluding carboxylic acids is 2. The Balaban J connectivity index is 0.00000182. The van der Waals surface area contributed by atoms with E-state index in [1.54, 1.807) is 6.20 Å². The molecule has 2 aliphatic heterocycles. The van der Waals surface area contributed by atoms with E-state index in [1.807, 2.05) is 30.9 Å². The largest absolute Gasteiger partial charge is 0.375 e. The third kappa shape index (κ3) is 6.04. The number of nitrogens with zero attached hydrogens (tertiary/aromatic N) is 2.